The fraction of sp³-hybridized carbons (Fsp3) is 0.214. The molecule has 1 atom stereocenters. The van der Waals surface area contributed by atoms with Crippen molar-refractivity contribution in [3.8, 4) is 17.2 Å². The van der Waals surface area contributed by atoms with Crippen LogP contribution in [-0.2, 0) is 0 Å². The molecule has 19 heavy (non-hydrogen) atoms. The summed E-state index contributed by atoms with van der Waals surface area (Å²) < 4.78 is 0. The predicted octanol–water partition coefficient (Wildman–Crippen LogP) is 1.81. The summed E-state index contributed by atoms with van der Waals surface area (Å²) >= 11 is 0. The molecule has 0 spiro atoms. The van der Waals surface area contributed by atoms with Crippen molar-refractivity contribution in [2.75, 3.05) is 11.9 Å². The third kappa shape index (κ3) is 3.27. The van der Waals surface area contributed by atoms with E-state index in [0.717, 1.165) is 11.1 Å². The Bertz CT molecular complexity index is 590. The maximum Gasteiger partial charge on any atom is 0.144 e. The molecule has 2 aromatic heterocycles. The smallest absolute Gasteiger partial charge is 0.144 e. The molecule has 0 aromatic carbocycles. The maximum atomic E-state index is 9.23. The first-order valence-electron chi connectivity index (χ1n) is 5.93. The quantitative estimate of drug-likeness (QED) is 0.869. The molecular weight excluding hydrogens is 240 g/mol. The minimum atomic E-state index is -0.492. The molecule has 0 saturated carbocycles. The molecule has 1 unspecified atom stereocenters. The number of nitriles is 1. The number of anilines is 1. The Morgan fingerprint density at radius 1 is 1.37 bits per heavy atom. The van der Waals surface area contributed by atoms with Crippen LogP contribution in [0.1, 0.15) is 12.5 Å². The van der Waals surface area contributed by atoms with Gasteiger partial charge in [-0.3, -0.25) is 4.98 Å². The summed E-state index contributed by atoms with van der Waals surface area (Å²) in [4.78, 5) is 8.19. The van der Waals surface area contributed by atoms with E-state index in [1.165, 1.54) is 0 Å². The van der Waals surface area contributed by atoms with Gasteiger partial charge < -0.3 is 10.4 Å². The van der Waals surface area contributed by atoms with Crippen LogP contribution in [0.15, 0.2) is 36.8 Å². The molecule has 0 bridgehead atoms. The van der Waals surface area contributed by atoms with E-state index in [-0.39, 0.29) is 0 Å². The summed E-state index contributed by atoms with van der Waals surface area (Å²) in [6.07, 6.45) is 4.59. The minimum absolute atomic E-state index is 0.357. The maximum absolute atomic E-state index is 9.23. The number of aromatic nitrogens is 2. The van der Waals surface area contributed by atoms with Gasteiger partial charge in [0.15, 0.2) is 0 Å². The van der Waals surface area contributed by atoms with Gasteiger partial charge in [-0.05, 0) is 30.7 Å². The summed E-state index contributed by atoms with van der Waals surface area (Å²) in [5.41, 5.74) is 2.28. The third-order valence-electron chi connectivity index (χ3n) is 2.59. The molecule has 2 rings (SSSR count). The molecule has 2 heterocycles. The molecule has 0 fully saturated rings. The summed E-state index contributed by atoms with van der Waals surface area (Å²) in [5, 5.41) is 21.3. The van der Waals surface area contributed by atoms with Gasteiger partial charge in [0.1, 0.15) is 11.9 Å². The Hall–Kier alpha value is -2.45. The van der Waals surface area contributed by atoms with Crippen molar-refractivity contribution in [1.82, 2.24) is 9.97 Å². The van der Waals surface area contributed by atoms with Crippen molar-refractivity contribution in [3.63, 3.8) is 0 Å². The second kappa shape index (κ2) is 5.94. The second-order valence-electron chi connectivity index (χ2n) is 4.20. The Balaban J connectivity index is 2.29. The molecule has 0 aliphatic rings. The van der Waals surface area contributed by atoms with Crippen LogP contribution >= 0.6 is 0 Å². The predicted molar refractivity (Wildman–Crippen MR) is 72.4 cm³/mol. The van der Waals surface area contributed by atoms with Gasteiger partial charge in [0.25, 0.3) is 0 Å². The first-order valence-corrected chi connectivity index (χ1v) is 5.93. The highest BCUT2D eigenvalue weighted by Crippen LogP contribution is 2.22. The third-order valence-corrected chi connectivity index (χ3v) is 2.59. The van der Waals surface area contributed by atoms with Crippen molar-refractivity contribution in [2.45, 2.75) is 13.0 Å². The van der Waals surface area contributed by atoms with Gasteiger partial charge in [-0.15, -0.1) is 0 Å². The highest BCUT2D eigenvalue weighted by atomic mass is 16.3. The van der Waals surface area contributed by atoms with Crippen LogP contribution in [0.25, 0.3) is 11.1 Å². The highest BCUT2D eigenvalue weighted by Gasteiger charge is 2.07. The number of pyridine rings is 2. The number of nitrogens with zero attached hydrogens (tertiary/aromatic N) is 3. The molecule has 5 nitrogen and oxygen atoms in total. The topological polar surface area (TPSA) is 81.8 Å². The van der Waals surface area contributed by atoms with Gasteiger partial charge in [0.2, 0.25) is 0 Å². The standard InChI is InChI=1S/C14H14N4O/c1-10(19)8-17-14-12(7-15)6-13(9-18-14)11-2-4-16-5-3-11/h2-6,9-10,19H,8H2,1H3,(H,17,18). The van der Waals surface area contributed by atoms with E-state index in [1.54, 1.807) is 31.6 Å². The largest absolute Gasteiger partial charge is 0.392 e. The second-order valence-corrected chi connectivity index (χ2v) is 4.20. The zero-order valence-corrected chi connectivity index (χ0v) is 10.5. The molecule has 0 aliphatic heterocycles. The van der Waals surface area contributed by atoms with Crippen LogP contribution in [-0.4, -0.2) is 27.7 Å². The van der Waals surface area contributed by atoms with Gasteiger partial charge in [0, 0.05) is 30.7 Å². The van der Waals surface area contributed by atoms with Crippen LogP contribution in [0, 0.1) is 11.3 Å². The lowest BCUT2D eigenvalue weighted by Gasteiger charge is -2.10. The molecular formula is C14H14N4O. The van der Waals surface area contributed by atoms with Crippen molar-refractivity contribution in [3.05, 3.63) is 42.4 Å². The number of nitrogens with one attached hydrogen (secondary N) is 1. The molecule has 0 radical (unpaired) electrons. The van der Waals surface area contributed by atoms with Crippen LogP contribution in [0.5, 0.6) is 0 Å². The number of aliphatic hydroxyl groups excluding tert-OH is 1. The van der Waals surface area contributed by atoms with E-state index in [1.807, 2.05) is 12.1 Å². The Labute approximate surface area is 111 Å². The molecule has 2 aromatic rings. The van der Waals surface area contributed by atoms with Crippen molar-refractivity contribution in [1.29, 1.82) is 5.26 Å². The van der Waals surface area contributed by atoms with Gasteiger partial charge in [-0.1, -0.05) is 0 Å². The van der Waals surface area contributed by atoms with Gasteiger partial charge in [0.05, 0.1) is 11.7 Å². The van der Waals surface area contributed by atoms with E-state index >= 15 is 0 Å². The van der Waals surface area contributed by atoms with Crippen molar-refractivity contribution < 1.29 is 5.11 Å². The SMILES string of the molecule is CC(O)CNc1ncc(-c2ccncc2)cc1C#N. The van der Waals surface area contributed by atoms with Crippen molar-refractivity contribution in [2.24, 2.45) is 0 Å². The minimum Gasteiger partial charge on any atom is -0.392 e. The fourth-order valence-electron chi connectivity index (χ4n) is 1.64. The molecule has 0 aliphatic carbocycles. The number of aliphatic hydroxyl groups is 1. The van der Waals surface area contributed by atoms with Gasteiger partial charge >= 0.3 is 0 Å². The van der Waals surface area contributed by atoms with Gasteiger partial charge in [-0.2, -0.15) is 5.26 Å². The summed E-state index contributed by atoms with van der Waals surface area (Å²) in [6.45, 7) is 2.03. The summed E-state index contributed by atoms with van der Waals surface area (Å²) in [7, 11) is 0. The molecule has 5 heteroatoms. The highest BCUT2D eigenvalue weighted by molar-refractivity contribution is 5.67. The molecule has 2 N–H and O–H groups in total. The first-order chi connectivity index (χ1) is 9.20. The summed E-state index contributed by atoms with van der Waals surface area (Å²) in [6, 6.07) is 7.60. The van der Waals surface area contributed by atoms with Crippen LogP contribution in [0.3, 0.4) is 0 Å². The molecule has 0 amide bonds. The number of hydrogen-bond donors (Lipinski definition) is 2. The first kappa shape index (κ1) is 13.0. The Morgan fingerprint density at radius 2 is 2.11 bits per heavy atom. The molecule has 96 valence electrons. The van der Waals surface area contributed by atoms with E-state index < -0.39 is 6.10 Å². The van der Waals surface area contributed by atoms with E-state index in [0.29, 0.717) is 17.9 Å². The van der Waals surface area contributed by atoms with Crippen molar-refractivity contribution >= 4 is 5.82 Å². The summed E-state index contributed by atoms with van der Waals surface area (Å²) in [5.74, 6) is 0.487. The van der Waals surface area contributed by atoms with Crippen LogP contribution < -0.4 is 5.32 Å². The van der Waals surface area contributed by atoms with E-state index in [2.05, 4.69) is 21.4 Å². The van der Waals surface area contributed by atoms with Crippen LogP contribution in [0.4, 0.5) is 5.82 Å². The fourth-order valence-corrected chi connectivity index (χ4v) is 1.64. The van der Waals surface area contributed by atoms with E-state index in [4.69, 9.17) is 5.26 Å². The lowest BCUT2D eigenvalue weighted by atomic mass is 10.1. The zero-order valence-electron chi connectivity index (χ0n) is 10.5. The normalized spacial score (nSPS) is 11.6. The zero-order chi connectivity index (χ0) is 13.7. The Kier molecular flexibility index (Phi) is 4.06. The lowest BCUT2D eigenvalue weighted by Crippen LogP contribution is -2.16. The number of hydrogen-bond acceptors (Lipinski definition) is 5. The Morgan fingerprint density at radius 3 is 2.74 bits per heavy atom. The van der Waals surface area contributed by atoms with E-state index in [9.17, 15) is 5.11 Å². The average molecular weight is 254 g/mol. The van der Waals surface area contributed by atoms with Gasteiger partial charge in [-0.25, -0.2) is 4.98 Å². The monoisotopic (exact) mass is 254 g/mol. The molecule has 0 saturated heterocycles. The lowest BCUT2D eigenvalue weighted by molar-refractivity contribution is 0.208. The number of rotatable bonds is 4. The van der Waals surface area contributed by atoms with Crippen LogP contribution in [0.2, 0.25) is 0 Å². The average Bonchev–Trinajstić information content (AvgIpc) is 2.45.